The van der Waals surface area contributed by atoms with Gasteiger partial charge in [-0.15, -0.1) is 0 Å². The molecule has 0 saturated carbocycles. The Morgan fingerprint density at radius 3 is 2.64 bits per heavy atom. The van der Waals surface area contributed by atoms with Crippen LogP contribution in [0.25, 0.3) is 10.9 Å². The van der Waals surface area contributed by atoms with Gasteiger partial charge >= 0.3 is 0 Å². The lowest BCUT2D eigenvalue weighted by molar-refractivity contribution is -0.118. The maximum Gasteiger partial charge on any atom is 0.267 e. The van der Waals surface area contributed by atoms with E-state index in [9.17, 15) is 9.59 Å². The molecule has 6 heteroatoms. The normalized spacial score (nSPS) is 10.5. The molecule has 0 radical (unpaired) electrons. The van der Waals surface area contributed by atoms with Gasteiger partial charge in [0.1, 0.15) is 11.4 Å². The second-order valence-electron chi connectivity index (χ2n) is 4.95. The van der Waals surface area contributed by atoms with Crippen molar-refractivity contribution in [1.82, 2.24) is 15.2 Å². The molecule has 0 fully saturated rings. The minimum atomic E-state index is -0.125. The lowest BCUT2D eigenvalue weighted by Gasteiger charge is -2.11. The summed E-state index contributed by atoms with van der Waals surface area (Å²) in [4.78, 5) is 23.3. The molecule has 2 rings (SSSR count). The summed E-state index contributed by atoms with van der Waals surface area (Å²) in [6.07, 6.45) is 0. The van der Waals surface area contributed by atoms with Crippen molar-refractivity contribution in [2.24, 2.45) is 0 Å². The predicted octanol–water partition coefficient (Wildman–Crippen LogP) is 1.54. The number of hydrogen-bond donors (Lipinski definition) is 2. The minimum absolute atomic E-state index is 0.0893. The molecule has 2 N–H and O–H groups in total. The highest BCUT2D eigenvalue weighted by atomic mass is 16.5. The van der Waals surface area contributed by atoms with Crippen molar-refractivity contribution >= 4 is 22.7 Å². The van der Waals surface area contributed by atoms with Crippen LogP contribution in [0.3, 0.4) is 0 Å². The van der Waals surface area contributed by atoms with Crippen molar-refractivity contribution in [3.8, 4) is 5.75 Å². The van der Waals surface area contributed by atoms with Gasteiger partial charge in [-0.2, -0.15) is 0 Å². The fraction of sp³-hybridized carbons (Fsp3) is 0.375. The number of rotatable bonds is 6. The summed E-state index contributed by atoms with van der Waals surface area (Å²) in [6.45, 7) is 4.90. The molecule has 0 aliphatic rings. The molecule has 0 aliphatic heterocycles. The molecule has 0 aliphatic carbocycles. The maximum atomic E-state index is 12.2. The van der Waals surface area contributed by atoms with Crippen LogP contribution < -0.4 is 15.4 Å². The number of nitrogens with zero attached hydrogens (tertiary/aromatic N) is 1. The minimum Gasteiger partial charge on any atom is -0.497 e. The van der Waals surface area contributed by atoms with Crippen LogP contribution in [0.15, 0.2) is 24.3 Å². The van der Waals surface area contributed by atoms with E-state index >= 15 is 0 Å². The third kappa shape index (κ3) is 3.39. The van der Waals surface area contributed by atoms with E-state index in [4.69, 9.17) is 4.74 Å². The molecule has 2 aromatic rings. The van der Waals surface area contributed by atoms with E-state index in [1.54, 1.807) is 7.11 Å². The second kappa shape index (κ2) is 6.98. The summed E-state index contributed by atoms with van der Waals surface area (Å²) in [5, 5.41) is 6.53. The monoisotopic (exact) mass is 303 g/mol. The molecule has 1 heterocycles. The van der Waals surface area contributed by atoms with Crippen molar-refractivity contribution < 1.29 is 14.3 Å². The SMILES string of the molecule is CCNC(=O)c1cc2ccc(OC)cc2n1CCNC(C)=O. The van der Waals surface area contributed by atoms with Crippen molar-refractivity contribution in [2.45, 2.75) is 20.4 Å². The Bertz CT molecular complexity index is 691. The average molecular weight is 303 g/mol. The molecule has 1 aromatic carbocycles. The number of ether oxygens (including phenoxy) is 1. The molecule has 0 spiro atoms. The number of carbonyl (C=O) groups is 2. The molecule has 0 saturated heterocycles. The molecule has 1 aromatic heterocycles. The van der Waals surface area contributed by atoms with Crippen LogP contribution >= 0.6 is 0 Å². The summed E-state index contributed by atoms with van der Waals surface area (Å²) in [5.74, 6) is 0.517. The fourth-order valence-electron chi connectivity index (χ4n) is 2.39. The predicted molar refractivity (Wildman–Crippen MR) is 85.2 cm³/mol. The summed E-state index contributed by atoms with van der Waals surface area (Å²) in [6, 6.07) is 7.53. The van der Waals surface area contributed by atoms with Gasteiger partial charge in [0.25, 0.3) is 5.91 Å². The van der Waals surface area contributed by atoms with Gasteiger partial charge in [-0.05, 0) is 25.1 Å². The third-order valence-corrected chi connectivity index (χ3v) is 3.39. The Kier molecular flexibility index (Phi) is 5.04. The van der Waals surface area contributed by atoms with Gasteiger partial charge in [0.15, 0.2) is 0 Å². The molecule has 22 heavy (non-hydrogen) atoms. The summed E-state index contributed by atoms with van der Waals surface area (Å²) >= 11 is 0. The van der Waals surface area contributed by atoms with Gasteiger partial charge in [-0.3, -0.25) is 9.59 Å². The number of fused-ring (bicyclic) bond motifs is 1. The molecule has 2 amide bonds. The highest BCUT2D eigenvalue weighted by Crippen LogP contribution is 2.24. The van der Waals surface area contributed by atoms with Gasteiger partial charge in [0.2, 0.25) is 5.91 Å². The van der Waals surface area contributed by atoms with Crippen molar-refractivity contribution in [2.75, 3.05) is 20.2 Å². The number of aromatic nitrogens is 1. The zero-order valence-electron chi connectivity index (χ0n) is 13.1. The first-order valence-corrected chi connectivity index (χ1v) is 7.26. The van der Waals surface area contributed by atoms with E-state index in [2.05, 4.69) is 10.6 Å². The molecule has 118 valence electrons. The van der Waals surface area contributed by atoms with E-state index in [0.717, 1.165) is 16.7 Å². The zero-order valence-corrected chi connectivity index (χ0v) is 13.1. The number of benzene rings is 1. The number of hydrogen-bond acceptors (Lipinski definition) is 3. The van der Waals surface area contributed by atoms with E-state index < -0.39 is 0 Å². The van der Waals surface area contributed by atoms with Crippen molar-refractivity contribution in [3.63, 3.8) is 0 Å². The lowest BCUT2D eigenvalue weighted by Crippen LogP contribution is -2.29. The summed E-state index contributed by atoms with van der Waals surface area (Å²) in [5.41, 5.74) is 1.49. The van der Waals surface area contributed by atoms with Crippen LogP contribution in [-0.4, -0.2) is 36.6 Å². The van der Waals surface area contributed by atoms with Crippen LogP contribution in [0, 0.1) is 0 Å². The Labute approximate surface area is 129 Å². The fourth-order valence-corrected chi connectivity index (χ4v) is 2.39. The van der Waals surface area contributed by atoms with Crippen LogP contribution in [0.4, 0.5) is 0 Å². The molecule has 0 unspecified atom stereocenters. The maximum absolute atomic E-state index is 12.2. The van der Waals surface area contributed by atoms with Gasteiger partial charge in [-0.1, -0.05) is 0 Å². The average Bonchev–Trinajstić information content (AvgIpc) is 2.85. The highest BCUT2D eigenvalue weighted by molar-refractivity contribution is 5.99. The van der Waals surface area contributed by atoms with Crippen LogP contribution in [0.1, 0.15) is 24.3 Å². The van der Waals surface area contributed by atoms with E-state index in [1.165, 1.54) is 6.92 Å². The topological polar surface area (TPSA) is 72.4 Å². The first-order valence-electron chi connectivity index (χ1n) is 7.26. The molecular weight excluding hydrogens is 282 g/mol. The first kappa shape index (κ1) is 15.9. The molecule has 0 bridgehead atoms. The first-order chi connectivity index (χ1) is 10.6. The zero-order chi connectivity index (χ0) is 16.1. The number of nitrogens with one attached hydrogen (secondary N) is 2. The van der Waals surface area contributed by atoms with Crippen molar-refractivity contribution in [1.29, 1.82) is 0 Å². The Hall–Kier alpha value is -2.50. The number of methoxy groups -OCH3 is 1. The van der Waals surface area contributed by atoms with Crippen molar-refractivity contribution in [3.05, 3.63) is 30.0 Å². The number of amides is 2. The Morgan fingerprint density at radius 2 is 2.00 bits per heavy atom. The van der Waals surface area contributed by atoms with Crippen LogP contribution in [0.2, 0.25) is 0 Å². The molecule has 6 nitrogen and oxygen atoms in total. The smallest absolute Gasteiger partial charge is 0.267 e. The molecular formula is C16H21N3O3. The largest absolute Gasteiger partial charge is 0.497 e. The summed E-state index contributed by atoms with van der Waals surface area (Å²) < 4.78 is 7.16. The standard InChI is InChI=1S/C16H21N3O3/c1-4-17-16(21)15-9-12-5-6-13(22-3)10-14(12)19(15)8-7-18-11(2)20/h5-6,9-10H,4,7-8H2,1-3H3,(H,17,21)(H,18,20). The second-order valence-corrected chi connectivity index (χ2v) is 4.95. The Balaban J connectivity index is 2.42. The lowest BCUT2D eigenvalue weighted by atomic mass is 10.2. The quantitative estimate of drug-likeness (QED) is 0.850. The summed E-state index contributed by atoms with van der Waals surface area (Å²) in [7, 11) is 1.61. The Morgan fingerprint density at radius 1 is 1.23 bits per heavy atom. The van der Waals surface area contributed by atoms with Gasteiger partial charge in [-0.25, -0.2) is 0 Å². The van der Waals surface area contributed by atoms with Gasteiger partial charge in [0, 0.05) is 38.0 Å². The van der Waals surface area contributed by atoms with E-state index in [1.807, 2.05) is 35.8 Å². The van der Waals surface area contributed by atoms with E-state index in [0.29, 0.717) is 25.3 Å². The third-order valence-electron chi connectivity index (χ3n) is 3.39. The number of carbonyl (C=O) groups excluding carboxylic acids is 2. The van der Waals surface area contributed by atoms with Crippen LogP contribution in [-0.2, 0) is 11.3 Å². The van der Waals surface area contributed by atoms with Gasteiger partial charge in [0.05, 0.1) is 12.6 Å². The molecule has 0 atom stereocenters. The van der Waals surface area contributed by atoms with Gasteiger partial charge < -0.3 is 19.9 Å². The van der Waals surface area contributed by atoms with E-state index in [-0.39, 0.29) is 11.8 Å². The van der Waals surface area contributed by atoms with Crippen LogP contribution in [0.5, 0.6) is 5.75 Å². The highest BCUT2D eigenvalue weighted by Gasteiger charge is 2.15.